The largest absolute Gasteiger partial charge is 0.455 e. The molecule has 14 rings (SSSR count). The number of anilines is 3. The number of fused-ring (bicyclic) bond motifs is 16. The van der Waals surface area contributed by atoms with Crippen LogP contribution in [0.4, 0.5) is 17.1 Å². The molecule has 65 heavy (non-hydrogen) atoms. The van der Waals surface area contributed by atoms with Crippen molar-refractivity contribution in [3.63, 3.8) is 0 Å². The molecule has 2 nitrogen and oxygen atoms in total. The van der Waals surface area contributed by atoms with E-state index in [4.69, 9.17) is 4.42 Å². The lowest BCUT2D eigenvalue weighted by Crippen LogP contribution is -2.26. The van der Waals surface area contributed by atoms with Gasteiger partial charge in [-0.3, -0.25) is 0 Å². The molecule has 2 heteroatoms. The van der Waals surface area contributed by atoms with Crippen LogP contribution >= 0.6 is 0 Å². The zero-order chi connectivity index (χ0) is 42.6. The van der Waals surface area contributed by atoms with Crippen LogP contribution < -0.4 is 4.90 Å². The summed E-state index contributed by atoms with van der Waals surface area (Å²) in [5.41, 5.74) is 19.7. The van der Waals surface area contributed by atoms with Crippen molar-refractivity contribution >= 4 is 60.5 Å². The molecule has 1 heterocycles. The van der Waals surface area contributed by atoms with Crippen molar-refractivity contribution in [2.75, 3.05) is 4.90 Å². The summed E-state index contributed by atoms with van der Waals surface area (Å²) in [6, 6.07) is 87.1. The van der Waals surface area contributed by atoms with Crippen molar-refractivity contribution < 1.29 is 4.42 Å². The first-order chi connectivity index (χ1) is 32.2. The fraction of sp³-hybridized carbons (Fsp3) is 0.0159. The Morgan fingerprint density at radius 2 is 0.908 bits per heavy atom. The van der Waals surface area contributed by atoms with E-state index < -0.39 is 5.41 Å². The summed E-state index contributed by atoms with van der Waals surface area (Å²) in [5, 5.41) is 6.84. The summed E-state index contributed by atoms with van der Waals surface area (Å²) < 4.78 is 6.95. The molecule has 0 saturated heterocycles. The molecule has 2 aliphatic rings. The second kappa shape index (κ2) is 13.8. The zero-order valence-corrected chi connectivity index (χ0v) is 35.4. The van der Waals surface area contributed by atoms with Crippen LogP contribution in [-0.2, 0) is 5.41 Å². The van der Waals surface area contributed by atoms with Gasteiger partial charge in [0.15, 0.2) is 0 Å². The molecule has 0 atom stereocenters. The van der Waals surface area contributed by atoms with Gasteiger partial charge in [0, 0.05) is 32.9 Å². The van der Waals surface area contributed by atoms with E-state index in [2.05, 4.69) is 241 Å². The Balaban J connectivity index is 1.07. The summed E-state index contributed by atoms with van der Waals surface area (Å²) in [4.78, 5) is 2.50. The molecule has 1 spiro atoms. The number of furan rings is 1. The minimum Gasteiger partial charge on any atom is -0.455 e. The van der Waals surface area contributed by atoms with Crippen molar-refractivity contribution in [3.05, 3.63) is 259 Å². The maximum absolute atomic E-state index is 6.95. The number of rotatable bonds is 5. The molecular formula is C63H39NO. The van der Waals surface area contributed by atoms with E-state index in [1.807, 2.05) is 0 Å². The molecule has 0 aliphatic heterocycles. The summed E-state index contributed by atoms with van der Waals surface area (Å²) in [6.07, 6.45) is 0. The number of nitrogens with zero attached hydrogens (tertiary/aromatic N) is 1. The van der Waals surface area contributed by atoms with Crippen molar-refractivity contribution in [2.24, 2.45) is 0 Å². The third-order valence-electron chi connectivity index (χ3n) is 14.2. The highest BCUT2D eigenvalue weighted by molar-refractivity contribution is 6.23. The van der Waals surface area contributed by atoms with Crippen LogP contribution in [0.5, 0.6) is 0 Å². The Hall–Kier alpha value is -8.46. The second-order valence-electron chi connectivity index (χ2n) is 17.5. The molecule has 0 unspecified atom stereocenters. The van der Waals surface area contributed by atoms with Crippen LogP contribution in [0.15, 0.2) is 241 Å². The zero-order valence-electron chi connectivity index (χ0n) is 35.4. The van der Waals surface area contributed by atoms with Crippen LogP contribution in [0.25, 0.3) is 88.0 Å². The Labute approximate surface area is 376 Å². The van der Waals surface area contributed by atoms with Crippen LogP contribution in [0, 0.1) is 0 Å². The quantitative estimate of drug-likeness (QED) is 0.172. The van der Waals surface area contributed by atoms with E-state index >= 15 is 0 Å². The molecule has 1 aromatic heterocycles. The third-order valence-corrected chi connectivity index (χ3v) is 14.2. The van der Waals surface area contributed by atoms with Gasteiger partial charge in [0.25, 0.3) is 0 Å². The second-order valence-corrected chi connectivity index (χ2v) is 17.5. The van der Waals surface area contributed by atoms with Gasteiger partial charge in [0.2, 0.25) is 0 Å². The minimum atomic E-state index is -0.478. The number of benzene rings is 11. The molecule has 0 N–H and O–H groups in total. The fourth-order valence-electron chi connectivity index (χ4n) is 11.5. The lowest BCUT2D eigenvalue weighted by atomic mass is 9.70. The Morgan fingerprint density at radius 1 is 0.323 bits per heavy atom. The van der Waals surface area contributed by atoms with Gasteiger partial charge < -0.3 is 9.32 Å². The van der Waals surface area contributed by atoms with Crippen molar-refractivity contribution in [3.8, 4) is 44.5 Å². The Morgan fingerprint density at radius 3 is 1.66 bits per heavy atom. The number of hydrogen-bond donors (Lipinski definition) is 0. The molecule has 0 radical (unpaired) electrons. The maximum Gasteiger partial charge on any atom is 0.143 e. The topological polar surface area (TPSA) is 16.4 Å². The summed E-state index contributed by atoms with van der Waals surface area (Å²) in [6.45, 7) is 0. The lowest BCUT2D eigenvalue weighted by Gasteiger charge is -2.32. The van der Waals surface area contributed by atoms with Crippen LogP contribution in [0.2, 0.25) is 0 Å². The van der Waals surface area contributed by atoms with Crippen molar-refractivity contribution in [2.45, 2.75) is 5.41 Å². The summed E-state index contributed by atoms with van der Waals surface area (Å²) in [5.74, 6) is 0. The molecule has 0 fully saturated rings. The van der Waals surface area contributed by atoms with Gasteiger partial charge in [-0.1, -0.05) is 194 Å². The van der Waals surface area contributed by atoms with E-state index in [1.54, 1.807) is 0 Å². The SMILES string of the molecule is c1ccc(-c2cccc(N(c3ccc4c(c3)C3(c5ccccc5-c5ccccc53)c3ccccc3-4)c3cc4c(oc5cccc(-c6ccc7ccccc7c6)c54)c4ccccc34)c2)cc1. The van der Waals surface area contributed by atoms with Gasteiger partial charge in [-0.2, -0.15) is 0 Å². The highest BCUT2D eigenvalue weighted by Gasteiger charge is 2.51. The normalized spacial score (nSPS) is 13.0. The standard InChI is InChI=1S/C63H39NO/c1-2-16-40(17-3-1)43-20-14-21-45(37-43)64(46-34-35-51-50-24-10-13-30-57(50)63(58(51)38-46)55-28-11-8-22-48(55)49-23-9-12-29-56(49)63)59-39-54-61-47(44-33-32-41-18-4-5-19-42(41)36-44)27-15-31-60(61)65-62(54)53-26-7-6-25-52(53)59/h1-39H. The molecule has 0 bridgehead atoms. The first-order valence-electron chi connectivity index (χ1n) is 22.5. The molecule has 0 amide bonds. The minimum absolute atomic E-state index is 0.478. The average Bonchev–Trinajstić information content (AvgIpc) is 4.01. The smallest absolute Gasteiger partial charge is 0.143 e. The first kappa shape index (κ1) is 36.1. The molecule has 12 aromatic rings. The van der Waals surface area contributed by atoms with Gasteiger partial charge in [0.05, 0.1) is 11.1 Å². The highest BCUT2D eigenvalue weighted by Crippen LogP contribution is 2.63. The van der Waals surface area contributed by atoms with Crippen LogP contribution in [-0.4, -0.2) is 0 Å². The van der Waals surface area contributed by atoms with E-state index in [9.17, 15) is 0 Å². The predicted molar refractivity (Wildman–Crippen MR) is 271 cm³/mol. The van der Waals surface area contributed by atoms with E-state index in [0.717, 1.165) is 60.9 Å². The molecule has 11 aromatic carbocycles. The monoisotopic (exact) mass is 825 g/mol. The third kappa shape index (κ3) is 5.11. The summed E-state index contributed by atoms with van der Waals surface area (Å²) >= 11 is 0. The fourth-order valence-corrected chi connectivity index (χ4v) is 11.5. The van der Waals surface area contributed by atoms with Crippen LogP contribution in [0.3, 0.4) is 0 Å². The van der Waals surface area contributed by atoms with Gasteiger partial charge in [-0.25, -0.2) is 0 Å². The molecule has 302 valence electrons. The van der Waals surface area contributed by atoms with Gasteiger partial charge in [-0.05, 0) is 120 Å². The molecule has 2 aliphatic carbocycles. The Kier molecular flexibility index (Phi) is 7.64. The summed E-state index contributed by atoms with van der Waals surface area (Å²) in [7, 11) is 0. The van der Waals surface area contributed by atoms with Gasteiger partial charge >= 0.3 is 0 Å². The van der Waals surface area contributed by atoms with E-state index in [1.165, 1.54) is 66.4 Å². The average molecular weight is 826 g/mol. The predicted octanol–water partition coefficient (Wildman–Crippen LogP) is 17.0. The van der Waals surface area contributed by atoms with Crippen molar-refractivity contribution in [1.82, 2.24) is 0 Å². The number of hydrogen-bond acceptors (Lipinski definition) is 2. The molecule has 0 saturated carbocycles. The maximum atomic E-state index is 6.95. The van der Waals surface area contributed by atoms with Gasteiger partial charge in [0.1, 0.15) is 11.2 Å². The molecular weight excluding hydrogens is 787 g/mol. The Bertz CT molecular complexity index is 3850. The lowest BCUT2D eigenvalue weighted by molar-refractivity contribution is 0.673. The highest BCUT2D eigenvalue weighted by atomic mass is 16.3. The van der Waals surface area contributed by atoms with Crippen LogP contribution in [0.1, 0.15) is 22.3 Å². The first-order valence-corrected chi connectivity index (χ1v) is 22.5. The van der Waals surface area contributed by atoms with E-state index in [-0.39, 0.29) is 0 Å². The van der Waals surface area contributed by atoms with Crippen molar-refractivity contribution in [1.29, 1.82) is 0 Å². The van der Waals surface area contributed by atoms with E-state index in [0.29, 0.717) is 0 Å². The van der Waals surface area contributed by atoms with Gasteiger partial charge in [-0.15, -0.1) is 0 Å².